The second-order valence-corrected chi connectivity index (χ2v) is 7.52. The van der Waals surface area contributed by atoms with Crippen molar-refractivity contribution in [3.8, 4) is 0 Å². The number of primary amides is 1. The minimum absolute atomic E-state index is 0.107. The number of hydrazine groups is 1. The zero-order valence-electron chi connectivity index (χ0n) is 14.6. The molecule has 28 heavy (non-hydrogen) atoms. The number of carbonyl (C=O) groups is 3. The van der Waals surface area contributed by atoms with E-state index in [1.165, 1.54) is 11.8 Å². The maximum Gasteiger partial charge on any atom is 0.312 e. The number of benzene rings is 2. The molecule has 4 amide bonds. The molecule has 7 nitrogen and oxygen atoms in total. The van der Waals surface area contributed by atoms with Crippen LogP contribution < -0.4 is 21.9 Å². The Bertz CT molecular complexity index is 849. The molecule has 0 heterocycles. The fourth-order valence-corrected chi connectivity index (χ4v) is 3.35. The largest absolute Gasteiger partial charge is 0.352 e. The van der Waals surface area contributed by atoms with Crippen molar-refractivity contribution >= 4 is 52.8 Å². The Balaban J connectivity index is 1.84. The molecule has 0 aliphatic heterocycles. The van der Waals surface area contributed by atoms with Gasteiger partial charge in [0.2, 0.25) is 11.8 Å². The van der Waals surface area contributed by atoms with Gasteiger partial charge in [0.1, 0.15) is 0 Å². The van der Waals surface area contributed by atoms with Crippen LogP contribution in [0, 0.1) is 0 Å². The van der Waals surface area contributed by atoms with Crippen LogP contribution in [0.2, 0.25) is 10.0 Å². The van der Waals surface area contributed by atoms with E-state index in [1.54, 1.807) is 48.5 Å². The summed E-state index contributed by atoms with van der Waals surface area (Å²) in [7, 11) is 0. The number of nitrogens with one attached hydrogen (secondary N) is 3. The first kappa shape index (κ1) is 21.9. The summed E-state index contributed by atoms with van der Waals surface area (Å²) in [5.41, 5.74) is 10.4. The zero-order chi connectivity index (χ0) is 20.5. The highest BCUT2D eigenvalue weighted by Crippen LogP contribution is 2.25. The maximum atomic E-state index is 12.2. The quantitative estimate of drug-likeness (QED) is 0.391. The van der Waals surface area contributed by atoms with Crippen LogP contribution in [0.5, 0.6) is 0 Å². The smallest absolute Gasteiger partial charge is 0.312 e. The molecule has 148 valence electrons. The zero-order valence-corrected chi connectivity index (χ0v) is 16.9. The second-order valence-electron chi connectivity index (χ2n) is 5.63. The molecular weight excluding hydrogens is 423 g/mol. The molecule has 0 unspecified atom stereocenters. The van der Waals surface area contributed by atoms with Gasteiger partial charge in [-0.1, -0.05) is 41.4 Å². The van der Waals surface area contributed by atoms with Gasteiger partial charge in [0, 0.05) is 14.9 Å². The molecule has 5 N–H and O–H groups in total. The first-order chi connectivity index (χ1) is 13.3. The first-order valence-corrected chi connectivity index (χ1v) is 9.85. The Kier molecular flexibility index (Phi) is 8.43. The summed E-state index contributed by atoms with van der Waals surface area (Å²) < 4.78 is 0. The Hall–Kier alpha value is -2.42. The van der Waals surface area contributed by atoms with Crippen LogP contribution in [0.3, 0.4) is 0 Å². The molecular formula is C18H18Cl2N4O3S. The average Bonchev–Trinajstić information content (AvgIpc) is 2.65. The Morgan fingerprint density at radius 3 is 2.25 bits per heavy atom. The molecule has 10 heteroatoms. The number of hydrogen-bond donors (Lipinski definition) is 4. The molecule has 0 radical (unpaired) electrons. The van der Waals surface area contributed by atoms with Crippen molar-refractivity contribution in [1.82, 2.24) is 16.2 Å². The molecule has 0 saturated carbocycles. The summed E-state index contributed by atoms with van der Waals surface area (Å²) >= 11 is 13.2. The monoisotopic (exact) mass is 440 g/mol. The highest BCUT2D eigenvalue weighted by atomic mass is 35.5. The van der Waals surface area contributed by atoms with Crippen molar-refractivity contribution in [3.05, 3.63) is 64.1 Å². The molecule has 0 spiro atoms. The van der Waals surface area contributed by atoms with E-state index in [4.69, 9.17) is 28.9 Å². The average molecular weight is 441 g/mol. The highest BCUT2D eigenvalue weighted by molar-refractivity contribution is 8.00. The number of amides is 4. The molecule has 2 aromatic carbocycles. The fourth-order valence-electron chi connectivity index (χ4n) is 2.26. The van der Waals surface area contributed by atoms with E-state index in [-0.39, 0.29) is 18.1 Å². The number of urea groups is 1. The van der Waals surface area contributed by atoms with Crippen LogP contribution in [0.4, 0.5) is 4.79 Å². The minimum Gasteiger partial charge on any atom is -0.352 e. The third-order valence-corrected chi connectivity index (χ3v) is 5.12. The summed E-state index contributed by atoms with van der Waals surface area (Å²) in [6.45, 7) is 0. The summed E-state index contributed by atoms with van der Waals surface area (Å²) in [5.74, 6) is -0.788. The molecule has 0 aliphatic carbocycles. The van der Waals surface area contributed by atoms with Crippen molar-refractivity contribution in [3.63, 3.8) is 0 Å². The molecule has 2 aromatic rings. The third kappa shape index (κ3) is 7.30. The van der Waals surface area contributed by atoms with E-state index in [0.717, 1.165) is 4.90 Å². The van der Waals surface area contributed by atoms with Crippen LogP contribution in [0.25, 0.3) is 0 Å². The maximum absolute atomic E-state index is 12.2. The second kappa shape index (κ2) is 10.8. The van der Waals surface area contributed by atoms with Gasteiger partial charge in [0.25, 0.3) is 0 Å². The van der Waals surface area contributed by atoms with Crippen LogP contribution in [-0.2, 0) is 9.59 Å². The van der Waals surface area contributed by atoms with Gasteiger partial charge in [0.05, 0.1) is 18.2 Å². The van der Waals surface area contributed by atoms with Crippen LogP contribution in [-0.4, -0.2) is 23.6 Å². The molecule has 0 aromatic heterocycles. The lowest BCUT2D eigenvalue weighted by Crippen LogP contribution is -2.44. The molecule has 0 bridgehead atoms. The van der Waals surface area contributed by atoms with Crippen LogP contribution in [0.1, 0.15) is 18.0 Å². The van der Waals surface area contributed by atoms with Crippen molar-refractivity contribution in [2.45, 2.75) is 17.4 Å². The van der Waals surface area contributed by atoms with Crippen molar-refractivity contribution in [2.75, 3.05) is 5.75 Å². The number of carbonyl (C=O) groups excluding carboxylic acids is 3. The van der Waals surface area contributed by atoms with Crippen LogP contribution >= 0.6 is 35.0 Å². The summed E-state index contributed by atoms with van der Waals surface area (Å²) in [6.07, 6.45) is -0.155. The number of rotatable bonds is 7. The summed E-state index contributed by atoms with van der Waals surface area (Å²) in [5, 5.41) is 3.47. The topological polar surface area (TPSA) is 113 Å². The van der Waals surface area contributed by atoms with Crippen molar-refractivity contribution in [2.24, 2.45) is 5.73 Å². The van der Waals surface area contributed by atoms with Crippen molar-refractivity contribution < 1.29 is 14.4 Å². The molecule has 1 atom stereocenters. The standard InChI is InChI=1S/C18H18Cl2N4O3S/c19-11-5-7-12(8-6-11)28-10-17(26)24-23-16(25)9-15(22-18(21)27)13-3-1-2-4-14(13)20/h1-8,15H,9-10H2,(H,23,25)(H,24,26)(H3,21,22,27)/t15-/m0/s1. The Morgan fingerprint density at radius 2 is 1.61 bits per heavy atom. The van der Waals surface area contributed by atoms with Gasteiger partial charge in [-0.25, -0.2) is 4.79 Å². The number of hydrogen-bond acceptors (Lipinski definition) is 4. The van der Waals surface area contributed by atoms with E-state index >= 15 is 0 Å². The van der Waals surface area contributed by atoms with E-state index in [1.807, 2.05) is 0 Å². The minimum atomic E-state index is -0.791. The SMILES string of the molecule is NC(=O)N[C@@H](CC(=O)NNC(=O)CSc1ccc(Cl)cc1)c1ccccc1Cl. The van der Waals surface area contributed by atoms with E-state index < -0.39 is 18.0 Å². The Morgan fingerprint density at radius 1 is 0.964 bits per heavy atom. The number of nitrogens with two attached hydrogens (primary N) is 1. The van der Waals surface area contributed by atoms with E-state index in [0.29, 0.717) is 15.6 Å². The molecule has 2 rings (SSSR count). The van der Waals surface area contributed by atoms with Gasteiger partial charge in [-0.3, -0.25) is 20.4 Å². The van der Waals surface area contributed by atoms with Gasteiger partial charge in [0.15, 0.2) is 0 Å². The Labute approximate surface area is 176 Å². The third-order valence-electron chi connectivity index (χ3n) is 3.51. The van der Waals surface area contributed by atoms with E-state index in [9.17, 15) is 14.4 Å². The lowest BCUT2D eigenvalue weighted by atomic mass is 10.0. The van der Waals surface area contributed by atoms with Gasteiger partial charge in [-0.2, -0.15) is 0 Å². The summed E-state index contributed by atoms with van der Waals surface area (Å²) in [4.78, 5) is 36.2. The van der Waals surface area contributed by atoms with Gasteiger partial charge < -0.3 is 11.1 Å². The lowest BCUT2D eigenvalue weighted by molar-refractivity contribution is -0.127. The predicted molar refractivity (Wildman–Crippen MR) is 110 cm³/mol. The number of halogens is 2. The molecule has 0 aliphatic rings. The number of thioether (sulfide) groups is 1. The van der Waals surface area contributed by atoms with Gasteiger partial charge >= 0.3 is 6.03 Å². The van der Waals surface area contributed by atoms with Crippen molar-refractivity contribution in [1.29, 1.82) is 0 Å². The normalized spacial score (nSPS) is 11.4. The van der Waals surface area contributed by atoms with Gasteiger partial charge in [-0.05, 0) is 35.9 Å². The van der Waals surface area contributed by atoms with Gasteiger partial charge in [-0.15, -0.1) is 11.8 Å². The molecule has 0 fully saturated rings. The first-order valence-electron chi connectivity index (χ1n) is 8.11. The van der Waals surface area contributed by atoms with Crippen LogP contribution in [0.15, 0.2) is 53.4 Å². The highest BCUT2D eigenvalue weighted by Gasteiger charge is 2.20. The predicted octanol–water partition coefficient (Wildman–Crippen LogP) is 3.03. The fraction of sp³-hybridized carbons (Fsp3) is 0.167. The molecule has 0 saturated heterocycles. The summed E-state index contributed by atoms with van der Waals surface area (Å²) in [6, 6.07) is 12.3. The van der Waals surface area contributed by atoms with E-state index in [2.05, 4.69) is 16.2 Å². The lowest BCUT2D eigenvalue weighted by Gasteiger charge is -2.19.